The molecule has 0 heterocycles. The number of benzene rings is 1. The average molecular weight is 245 g/mol. The van der Waals surface area contributed by atoms with E-state index in [9.17, 15) is 9.59 Å². The van der Waals surface area contributed by atoms with Crippen molar-refractivity contribution in [3.05, 3.63) is 41.0 Å². The molecule has 0 fully saturated rings. The number of ketones is 1. The van der Waals surface area contributed by atoms with Gasteiger partial charge in [0, 0.05) is 19.0 Å². The second kappa shape index (κ2) is 6.74. The zero-order valence-electron chi connectivity index (χ0n) is 11.1. The highest BCUT2D eigenvalue weighted by Crippen LogP contribution is 2.13. The van der Waals surface area contributed by atoms with E-state index in [1.807, 2.05) is 37.3 Å². The SMILES string of the molecule is CC(=O)NCCC=Cc1ccc(C(C)=O)cc1C. The van der Waals surface area contributed by atoms with Crippen LogP contribution in [-0.2, 0) is 4.79 Å². The van der Waals surface area contributed by atoms with Crippen molar-refractivity contribution in [2.75, 3.05) is 6.54 Å². The molecule has 0 atom stereocenters. The quantitative estimate of drug-likeness (QED) is 0.640. The summed E-state index contributed by atoms with van der Waals surface area (Å²) in [6, 6.07) is 5.68. The van der Waals surface area contributed by atoms with Crippen LogP contribution in [0, 0.1) is 6.92 Å². The molecule has 18 heavy (non-hydrogen) atoms. The molecule has 3 nitrogen and oxygen atoms in total. The molecule has 0 aliphatic rings. The lowest BCUT2D eigenvalue weighted by molar-refractivity contribution is -0.118. The summed E-state index contributed by atoms with van der Waals surface area (Å²) in [6.07, 6.45) is 4.83. The standard InChI is InChI=1S/C15H19NO2/c1-11-10-15(12(2)17)8-7-14(11)6-4-5-9-16-13(3)18/h4,6-8,10H,5,9H2,1-3H3,(H,16,18). The van der Waals surface area contributed by atoms with Crippen molar-refractivity contribution in [1.82, 2.24) is 5.32 Å². The zero-order chi connectivity index (χ0) is 13.5. The molecule has 0 spiro atoms. The molecular formula is C15H19NO2. The number of carbonyl (C=O) groups is 2. The highest BCUT2D eigenvalue weighted by molar-refractivity contribution is 5.94. The van der Waals surface area contributed by atoms with Crippen LogP contribution < -0.4 is 5.32 Å². The van der Waals surface area contributed by atoms with Crippen molar-refractivity contribution >= 4 is 17.8 Å². The van der Waals surface area contributed by atoms with Crippen LogP contribution in [0.2, 0.25) is 0 Å². The van der Waals surface area contributed by atoms with Gasteiger partial charge in [0.2, 0.25) is 5.91 Å². The second-order valence-electron chi connectivity index (χ2n) is 4.30. The average Bonchev–Trinajstić information content (AvgIpc) is 2.29. The number of hydrogen-bond acceptors (Lipinski definition) is 2. The van der Waals surface area contributed by atoms with Gasteiger partial charge in [0.1, 0.15) is 0 Å². The Kier molecular flexibility index (Phi) is 5.31. The molecule has 1 N–H and O–H groups in total. The van der Waals surface area contributed by atoms with E-state index in [4.69, 9.17) is 0 Å². The number of hydrogen-bond donors (Lipinski definition) is 1. The highest BCUT2D eigenvalue weighted by Gasteiger charge is 2.01. The molecule has 0 saturated heterocycles. The maximum absolute atomic E-state index is 11.2. The fraction of sp³-hybridized carbons (Fsp3) is 0.333. The Morgan fingerprint density at radius 2 is 2.00 bits per heavy atom. The summed E-state index contributed by atoms with van der Waals surface area (Å²) >= 11 is 0. The summed E-state index contributed by atoms with van der Waals surface area (Å²) in [5, 5.41) is 2.74. The minimum atomic E-state index is -0.00890. The number of rotatable bonds is 5. The predicted octanol–water partition coefficient (Wildman–Crippen LogP) is 2.74. The molecule has 3 heteroatoms. The van der Waals surface area contributed by atoms with Crippen LogP contribution in [0.1, 0.15) is 41.8 Å². The molecule has 1 aromatic carbocycles. The van der Waals surface area contributed by atoms with Gasteiger partial charge in [-0.1, -0.05) is 24.3 Å². The van der Waals surface area contributed by atoms with Crippen LogP contribution in [0.5, 0.6) is 0 Å². The van der Waals surface area contributed by atoms with Crippen molar-refractivity contribution in [3.63, 3.8) is 0 Å². The van der Waals surface area contributed by atoms with Crippen molar-refractivity contribution in [3.8, 4) is 0 Å². The molecule has 1 rings (SSSR count). The molecule has 1 aromatic rings. The molecule has 96 valence electrons. The van der Waals surface area contributed by atoms with E-state index >= 15 is 0 Å². The molecule has 0 aliphatic carbocycles. The zero-order valence-corrected chi connectivity index (χ0v) is 11.1. The van der Waals surface area contributed by atoms with Crippen LogP contribution >= 0.6 is 0 Å². The summed E-state index contributed by atoms with van der Waals surface area (Å²) < 4.78 is 0. The Morgan fingerprint density at radius 1 is 1.28 bits per heavy atom. The van der Waals surface area contributed by atoms with Crippen LogP contribution in [0.3, 0.4) is 0 Å². The topological polar surface area (TPSA) is 46.2 Å². The maximum atomic E-state index is 11.2. The van der Waals surface area contributed by atoms with Gasteiger partial charge < -0.3 is 5.32 Å². The first-order chi connectivity index (χ1) is 8.50. The normalized spacial score (nSPS) is 10.6. The second-order valence-corrected chi connectivity index (χ2v) is 4.30. The van der Waals surface area contributed by atoms with Gasteiger partial charge in [-0.15, -0.1) is 0 Å². The maximum Gasteiger partial charge on any atom is 0.216 e. The summed E-state index contributed by atoms with van der Waals surface area (Å²) in [7, 11) is 0. The number of Topliss-reactive ketones (excluding diaryl/α,β-unsaturated/α-hetero) is 1. The molecule has 0 unspecified atom stereocenters. The minimum Gasteiger partial charge on any atom is -0.356 e. The van der Waals surface area contributed by atoms with E-state index in [0.717, 1.165) is 23.1 Å². The van der Waals surface area contributed by atoms with E-state index < -0.39 is 0 Å². The fourth-order valence-corrected chi connectivity index (χ4v) is 1.62. The van der Waals surface area contributed by atoms with Crippen LogP contribution in [-0.4, -0.2) is 18.2 Å². The fourth-order valence-electron chi connectivity index (χ4n) is 1.62. The van der Waals surface area contributed by atoms with Crippen molar-refractivity contribution < 1.29 is 9.59 Å². The summed E-state index contributed by atoms with van der Waals surface area (Å²) in [5.41, 5.74) is 2.92. The summed E-state index contributed by atoms with van der Waals surface area (Å²) in [4.78, 5) is 21.9. The van der Waals surface area contributed by atoms with Crippen molar-refractivity contribution in [2.45, 2.75) is 27.2 Å². The van der Waals surface area contributed by atoms with Gasteiger partial charge in [-0.05, 0) is 37.5 Å². The summed E-state index contributed by atoms with van der Waals surface area (Å²) in [6.45, 7) is 5.71. The Hall–Kier alpha value is -1.90. The van der Waals surface area contributed by atoms with E-state index in [1.165, 1.54) is 6.92 Å². The van der Waals surface area contributed by atoms with Crippen molar-refractivity contribution in [1.29, 1.82) is 0 Å². The first-order valence-corrected chi connectivity index (χ1v) is 6.03. The van der Waals surface area contributed by atoms with E-state index in [1.54, 1.807) is 6.92 Å². The van der Waals surface area contributed by atoms with E-state index in [2.05, 4.69) is 5.32 Å². The number of carbonyl (C=O) groups excluding carboxylic acids is 2. The summed E-state index contributed by atoms with van der Waals surface area (Å²) in [5.74, 6) is 0.0738. The first-order valence-electron chi connectivity index (χ1n) is 6.03. The number of nitrogens with one attached hydrogen (secondary N) is 1. The van der Waals surface area contributed by atoms with Gasteiger partial charge in [0.15, 0.2) is 5.78 Å². The Morgan fingerprint density at radius 3 is 2.56 bits per heavy atom. The third-order valence-electron chi connectivity index (χ3n) is 2.66. The lowest BCUT2D eigenvalue weighted by atomic mass is 10.0. The van der Waals surface area contributed by atoms with Crippen LogP contribution in [0.25, 0.3) is 6.08 Å². The van der Waals surface area contributed by atoms with E-state index in [-0.39, 0.29) is 11.7 Å². The lowest BCUT2D eigenvalue weighted by Gasteiger charge is -2.03. The monoisotopic (exact) mass is 245 g/mol. The van der Waals surface area contributed by atoms with Gasteiger partial charge in [0.25, 0.3) is 0 Å². The molecule has 0 bridgehead atoms. The molecule has 1 amide bonds. The predicted molar refractivity (Wildman–Crippen MR) is 73.5 cm³/mol. The number of amides is 1. The van der Waals surface area contributed by atoms with Gasteiger partial charge in [0.05, 0.1) is 0 Å². The molecule has 0 radical (unpaired) electrons. The van der Waals surface area contributed by atoms with Gasteiger partial charge in [-0.2, -0.15) is 0 Å². The smallest absolute Gasteiger partial charge is 0.216 e. The molecule has 0 saturated carbocycles. The lowest BCUT2D eigenvalue weighted by Crippen LogP contribution is -2.20. The molecule has 0 aromatic heterocycles. The highest BCUT2D eigenvalue weighted by atomic mass is 16.1. The van der Waals surface area contributed by atoms with Gasteiger partial charge >= 0.3 is 0 Å². The van der Waals surface area contributed by atoms with Crippen molar-refractivity contribution in [2.24, 2.45) is 0 Å². The Balaban J connectivity index is 2.59. The molecule has 0 aliphatic heterocycles. The largest absolute Gasteiger partial charge is 0.356 e. The third kappa shape index (κ3) is 4.53. The Labute approximate surface area is 108 Å². The van der Waals surface area contributed by atoms with Gasteiger partial charge in [-0.3, -0.25) is 9.59 Å². The molecular weight excluding hydrogens is 226 g/mol. The first kappa shape index (κ1) is 14.2. The van der Waals surface area contributed by atoms with Crippen LogP contribution in [0.4, 0.5) is 0 Å². The van der Waals surface area contributed by atoms with Gasteiger partial charge in [-0.25, -0.2) is 0 Å². The Bertz CT molecular complexity index is 475. The number of aryl methyl sites for hydroxylation is 1. The van der Waals surface area contributed by atoms with E-state index in [0.29, 0.717) is 6.54 Å². The van der Waals surface area contributed by atoms with Crippen LogP contribution in [0.15, 0.2) is 24.3 Å². The third-order valence-corrected chi connectivity index (χ3v) is 2.66. The minimum absolute atomic E-state index is 0.00890.